The maximum absolute atomic E-state index is 15.6. The maximum Gasteiger partial charge on any atom is -1.00 e. The van der Waals surface area contributed by atoms with E-state index in [9.17, 15) is 26.3 Å². The number of rotatable bonds is 4. The van der Waals surface area contributed by atoms with Crippen LogP contribution in [0.3, 0.4) is 0 Å². The molecule has 0 heterocycles. The quantitative estimate of drug-likeness (QED) is 0.135. The molecule has 0 amide bonds. The van der Waals surface area contributed by atoms with E-state index in [2.05, 4.69) is 0 Å². The van der Waals surface area contributed by atoms with E-state index in [1.807, 2.05) is 0 Å². The molecule has 0 radical (unpaired) electrons. The summed E-state index contributed by atoms with van der Waals surface area (Å²) in [5.41, 5.74) is -1.85. The Morgan fingerprint density at radius 2 is 0.674 bits per heavy atom. The smallest absolute Gasteiger partial charge is 1.00 e. The van der Waals surface area contributed by atoms with Gasteiger partial charge in [0, 0.05) is 0 Å². The molecule has 0 spiro atoms. The molecule has 4 aromatic carbocycles. The number of hydrogen-bond acceptors (Lipinski definition) is 0. The summed E-state index contributed by atoms with van der Waals surface area (Å²) in [6.07, 6.45) is 5.04. The second kappa shape index (κ2) is 11.5. The molecule has 2 aliphatic rings. The van der Waals surface area contributed by atoms with Crippen molar-refractivity contribution in [2.24, 2.45) is 0 Å². The molecular formula is C30H12Cl2F10Ti. The van der Waals surface area contributed by atoms with Crippen molar-refractivity contribution in [2.45, 2.75) is 7.44 Å². The molecular weight excluding hydrogens is 669 g/mol. The van der Waals surface area contributed by atoms with Crippen LogP contribution in [0, 0.1) is 58.2 Å². The molecule has 43 heavy (non-hydrogen) atoms. The summed E-state index contributed by atoms with van der Waals surface area (Å²) < 4.78 is 144. The van der Waals surface area contributed by atoms with Gasteiger partial charge >= 0.3 is 235 Å². The van der Waals surface area contributed by atoms with Crippen molar-refractivity contribution in [3.8, 4) is 0 Å². The molecule has 0 nitrogen and oxygen atoms in total. The van der Waals surface area contributed by atoms with Crippen molar-refractivity contribution in [1.82, 2.24) is 0 Å². The van der Waals surface area contributed by atoms with Crippen LogP contribution in [-0.4, -0.2) is 0 Å². The van der Waals surface area contributed by atoms with Gasteiger partial charge in [-0.05, 0) is 0 Å². The molecule has 0 aromatic heterocycles. The van der Waals surface area contributed by atoms with E-state index in [0.717, 1.165) is 0 Å². The van der Waals surface area contributed by atoms with Crippen LogP contribution < -0.4 is 24.8 Å². The van der Waals surface area contributed by atoms with Gasteiger partial charge in [-0.25, -0.2) is 0 Å². The number of allylic oxidation sites excluding steroid dienone is 2. The Balaban J connectivity index is 0.00000212. The van der Waals surface area contributed by atoms with E-state index in [1.54, 1.807) is 12.1 Å². The maximum atomic E-state index is 15.6. The Bertz CT molecular complexity index is 1670. The molecule has 0 saturated heterocycles. The van der Waals surface area contributed by atoms with Gasteiger partial charge < -0.3 is 24.8 Å². The Kier molecular flexibility index (Phi) is 8.76. The minimum atomic E-state index is -2.69. The van der Waals surface area contributed by atoms with Crippen LogP contribution in [-0.2, 0) is 26.6 Å². The number of benzene rings is 4. The molecule has 0 bridgehead atoms. The van der Waals surface area contributed by atoms with Crippen LogP contribution in [0.1, 0.15) is 33.4 Å². The van der Waals surface area contributed by atoms with Gasteiger partial charge in [-0.3, -0.25) is 0 Å². The fourth-order valence-corrected chi connectivity index (χ4v) is 9.30. The topological polar surface area (TPSA) is 0 Å². The predicted molar refractivity (Wildman–Crippen MR) is 125 cm³/mol. The first kappa shape index (κ1) is 32.9. The fraction of sp³-hybridized carbons (Fsp3) is 0.0667. The Morgan fingerprint density at radius 3 is 1.00 bits per heavy atom. The van der Waals surface area contributed by atoms with Gasteiger partial charge in [0.2, 0.25) is 0 Å². The van der Waals surface area contributed by atoms with Crippen LogP contribution in [0.2, 0.25) is 0 Å². The SMILES string of the molecule is Fc1c(F)c(F)c([C]2([Ti+2][C]3(c4c(F)c(F)c(F)c(F)c4F)C=Cc4ccccc43)C=Cc3ccccc32)c(F)c1F.[Cl-].[Cl-]. The summed E-state index contributed by atoms with van der Waals surface area (Å²) in [6, 6.07) is 11.7. The average Bonchev–Trinajstić information content (AvgIpc) is 3.53. The van der Waals surface area contributed by atoms with Crippen molar-refractivity contribution in [3.63, 3.8) is 0 Å². The first-order valence-corrected chi connectivity index (χ1v) is 13.4. The summed E-state index contributed by atoms with van der Waals surface area (Å²) in [7, 11) is 0. The van der Waals surface area contributed by atoms with Crippen LogP contribution in [0.4, 0.5) is 43.9 Å². The third-order valence-electron chi connectivity index (χ3n) is 7.40. The van der Waals surface area contributed by atoms with Gasteiger partial charge in [-0.1, -0.05) is 0 Å². The second-order valence-electron chi connectivity index (χ2n) is 9.47. The Labute approximate surface area is 258 Å². The van der Waals surface area contributed by atoms with Crippen LogP contribution in [0.25, 0.3) is 12.2 Å². The monoisotopic (exact) mass is 680 g/mol. The van der Waals surface area contributed by atoms with Gasteiger partial charge in [0.25, 0.3) is 0 Å². The number of fused-ring (bicyclic) bond motifs is 2. The van der Waals surface area contributed by atoms with Crippen LogP contribution in [0.15, 0.2) is 60.7 Å². The zero-order valence-electron chi connectivity index (χ0n) is 21.0. The minimum Gasteiger partial charge on any atom is -1.00 e. The van der Waals surface area contributed by atoms with Gasteiger partial charge in [-0.15, -0.1) is 0 Å². The van der Waals surface area contributed by atoms with E-state index in [0.29, 0.717) is 11.1 Å². The van der Waals surface area contributed by atoms with E-state index in [4.69, 9.17) is 0 Å². The third-order valence-corrected chi connectivity index (χ3v) is 10.8. The van der Waals surface area contributed by atoms with Crippen LogP contribution in [0.5, 0.6) is 0 Å². The van der Waals surface area contributed by atoms with E-state index < -0.39 is 95.9 Å². The molecule has 2 atom stereocenters. The molecule has 6 rings (SSSR count). The van der Waals surface area contributed by atoms with Gasteiger partial charge in [0.1, 0.15) is 0 Å². The number of halogens is 12. The van der Waals surface area contributed by atoms with E-state index >= 15 is 17.6 Å². The first-order chi connectivity index (χ1) is 19.5. The normalized spacial score (nSPS) is 19.4. The van der Waals surface area contributed by atoms with Crippen molar-refractivity contribution in [1.29, 1.82) is 0 Å². The molecule has 13 heteroatoms. The molecule has 0 N–H and O–H groups in total. The average molecular weight is 681 g/mol. The zero-order chi connectivity index (χ0) is 29.4. The molecule has 2 unspecified atom stereocenters. The molecule has 0 fully saturated rings. The fourth-order valence-electron chi connectivity index (χ4n) is 5.60. The molecule has 220 valence electrons. The predicted octanol–water partition coefficient (Wildman–Crippen LogP) is 2.41. The molecule has 0 aliphatic heterocycles. The van der Waals surface area contributed by atoms with Crippen molar-refractivity contribution < 1.29 is 87.9 Å². The summed E-state index contributed by atoms with van der Waals surface area (Å²) in [6.45, 7) is 0. The zero-order valence-corrected chi connectivity index (χ0v) is 24.0. The molecule has 0 saturated carbocycles. The standard InChI is InChI=1S/2C15H6F5.2ClH.Ti/c2*16-11-10(12(17)14(19)15(20)13(11)18)9-6-5-7-3-1-2-4-8(7)9;;;/h2*1-6H;2*1H;/q;;;;+2/p-2. The van der Waals surface area contributed by atoms with E-state index in [-0.39, 0.29) is 35.9 Å². The molecule has 2 aliphatic carbocycles. The Hall–Kier alpha value is -3.05. The van der Waals surface area contributed by atoms with Crippen LogP contribution >= 0.6 is 0 Å². The third kappa shape index (κ3) is 4.48. The number of hydrogen-bond donors (Lipinski definition) is 0. The van der Waals surface area contributed by atoms with Crippen molar-refractivity contribution in [2.75, 3.05) is 0 Å². The Morgan fingerprint density at radius 1 is 0.395 bits per heavy atom. The minimum absolute atomic E-state index is 0. The summed E-state index contributed by atoms with van der Waals surface area (Å²) >= 11 is -2.69. The first-order valence-electron chi connectivity index (χ1n) is 11.9. The summed E-state index contributed by atoms with van der Waals surface area (Å²) in [5, 5.41) is 0. The summed E-state index contributed by atoms with van der Waals surface area (Å²) in [4.78, 5) is 0. The summed E-state index contributed by atoms with van der Waals surface area (Å²) in [5.74, 6) is -22.5. The van der Waals surface area contributed by atoms with Gasteiger partial charge in [0.05, 0.1) is 0 Å². The van der Waals surface area contributed by atoms with Gasteiger partial charge in [0.15, 0.2) is 0 Å². The van der Waals surface area contributed by atoms with Crippen molar-refractivity contribution in [3.05, 3.63) is 152 Å². The van der Waals surface area contributed by atoms with Crippen molar-refractivity contribution >= 4 is 12.2 Å². The molecule has 4 aromatic rings. The van der Waals surface area contributed by atoms with Gasteiger partial charge in [-0.2, -0.15) is 0 Å². The second-order valence-corrected chi connectivity index (χ2v) is 12.3. The van der Waals surface area contributed by atoms with E-state index in [1.165, 1.54) is 60.7 Å². The largest absolute Gasteiger partial charge is 1.00 e.